The number of rotatable bonds is 2. The number of hydrogen-bond acceptors (Lipinski definition) is 3. The molecule has 0 spiro atoms. The van der Waals surface area contributed by atoms with Gasteiger partial charge in [-0.05, 0) is 18.8 Å². The maximum absolute atomic E-state index is 10.9. The fourth-order valence-electron chi connectivity index (χ4n) is 1.91. The summed E-state index contributed by atoms with van der Waals surface area (Å²) < 4.78 is 0. The molecule has 0 aromatic heterocycles. The summed E-state index contributed by atoms with van der Waals surface area (Å²) in [6.07, 6.45) is 5.87. The molecule has 1 unspecified atom stereocenters. The van der Waals surface area contributed by atoms with Crippen molar-refractivity contribution < 1.29 is 14.9 Å². The molecule has 1 saturated carbocycles. The summed E-state index contributed by atoms with van der Waals surface area (Å²) in [5.74, 6) is -0.212. The van der Waals surface area contributed by atoms with E-state index in [1.165, 1.54) is 19.3 Å². The molecule has 0 aromatic rings. The maximum Gasteiger partial charge on any atom is 0.345 e. The molecule has 1 aliphatic carbocycles. The van der Waals surface area contributed by atoms with Gasteiger partial charge in [-0.2, -0.15) is 5.26 Å². The number of carbonyl (C=O) groups excluding carboxylic acids is 1. The quantitative estimate of drug-likeness (QED) is 0.513. The van der Waals surface area contributed by atoms with E-state index >= 15 is 0 Å². The van der Waals surface area contributed by atoms with E-state index in [1.54, 1.807) is 0 Å². The fourth-order valence-corrected chi connectivity index (χ4v) is 1.91. The second-order valence-corrected chi connectivity index (χ2v) is 3.60. The van der Waals surface area contributed by atoms with Crippen molar-refractivity contribution in [2.75, 3.05) is 0 Å². The number of hydrogen-bond donors (Lipinski definition) is 1. The molecule has 1 aliphatic rings. The van der Waals surface area contributed by atoms with Gasteiger partial charge >= 0.3 is 5.97 Å². The van der Waals surface area contributed by atoms with Crippen molar-refractivity contribution in [3.05, 3.63) is 0 Å². The van der Waals surface area contributed by atoms with Gasteiger partial charge in [0.05, 0.1) is 5.92 Å². The highest BCUT2D eigenvalue weighted by Crippen LogP contribution is 2.30. The Morgan fingerprint density at radius 2 is 2.00 bits per heavy atom. The fraction of sp³-hybridized carbons (Fsp3) is 0.889. The molecule has 1 atom stereocenters. The molecule has 0 bridgehead atoms. The third kappa shape index (κ3) is 2.21. The molecule has 0 radical (unpaired) electrons. The molecule has 1 N–H and O–H groups in total. The van der Waals surface area contributed by atoms with E-state index < -0.39 is 5.97 Å². The first kappa shape index (κ1) is 9.52. The Balaban J connectivity index is 2.39. The Hall–Kier alpha value is -0.570. The van der Waals surface area contributed by atoms with Crippen molar-refractivity contribution in [1.82, 2.24) is 0 Å². The summed E-state index contributed by atoms with van der Waals surface area (Å²) in [6, 6.07) is 0. The van der Waals surface area contributed by atoms with Gasteiger partial charge in [0.25, 0.3) is 0 Å². The minimum atomic E-state index is -0.484. The standard InChI is InChI=1S/C9H16O3/c1-7(9(10)12-11)8-5-3-2-4-6-8/h7-8,11H,2-6H2,1H3. The van der Waals surface area contributed by atoms with Crippen LogP contribution in [0.25, 0.3) is 0 Å². The Morgan fingerprint density at radius 1 is 1.42 bits per heavy atom. The van der Waals surface area contributed by atoms with Crippen molar-refractivity contribution in [1.29, 1.82) is 0 Å². The van der Waals surface area contributed by atoms with E-state index in [4.69, 9.17) is 5.26 Å². The van der Waals surface area contributed by atoms with Gasteiger partial charge in [-0.25, -0.2) is 4.79 Å². The maximum atomic E-state index is 10.9. The second kappa shape index (κ2) is 4.45. The van der Waals surface area contributed by atoms with E-state index in [0.29, 0.717) is 5.92 Å². The van der Waals surface area contributed by atoms with Gasteiger partial charge < -0.3 is 4.89 Å². The van der Waals surface area contributed by atoms with Crippen LogP contribution in [-0.4, -0.2) is 11.2 Å². The molecule has 0 amide bonds. The Morgan fingerprint density at radius 3 is 2.50 bits per heavy atom. The predicted octanol–water partition coefficient (Wildman–Crippen LogP) is 2.22. The molecule has 0 aromatic carbocycles. The zero-order valence-corrected chi connectivity index (χ0v) is 7.45. The molecule has 0 heterocycles. The summed E-state index contributed by atoms with van der Waals surface area (Å²) >= 11 is 0. The third-order valence-corrected chi connectivity index (χ3v) is 2.82. The summed E-state index contributed by atoms with van der Waals surface area (Å²) in [6.45, 7) is 1.83. The topological polar surface area (TPSA) is 46.5 Å². The molecule has 70 valence electrons. The monoisotopic (exact) mass is 172 g/mol. The number of carbonyl (C=O) groups is 1. The van der Waals surface area contributed by atoms with Crippen molar-refractivity contribution in [3.8, 4) is 0 Å². The first-order valence-corrected chi connectivity index (χ1v) is 4.61. The highest BCUT2D eigenvalue weighted by atomic mass is 17.1. The van der Waals surface area contributed by atoms with Crippen LogP contribution in [0.2, 0.25) is 0 Å². The SMILES string of the molecule is CC(C(=O)OO)C1CCCCC1. The molecule has 1 rings (SSSR count). The second-order valence-electron chi connectivity index (χ2n) is 3.60. The van der Waals surface area contributed by atoms with Gasteiger partial charge in [0.2, 0.25) is 0 Å². The van der Waals surface area contributed by atoms with Crippen LogP contribution in [0.1, 0.15) is 39.0 Å². The minimum Gasteiger partial charge on any atom is -0.301 e. The van der Waals surface area contributed by atoms with Crippen molar-refractivity contribution >= 4 is 5.97 Å². The lowest BCUT2D eigenvalue weighted by molar-refractivity contribution is -0.240. The van der Waals surface area contributed by atoms with E-state index in [0.717, 1.165) is 12.8 Å². The molecule has 0 saturated heterocycles. The zero-order valence-electron chi connectivity index (χ0n) is 7.45. The molecule has 1 fully saturated rings. The molecular formula is C9H16O3. The minimum absolute atomic E-state index is 0.143. The van der Waals surface area contributed by atoms with Crippen LogP contribution >= 0.6 is 0 Å². The average Bonchev–Trinajstić information content (AvgIpc) is 2.17. The van der Waals surface area contributed by atoms with Crippen molar-refractivity contribution in [2.24, 2.45) is 11.8 Å². The Labute approximate surface area is 72.7 Å². The molecule has 0 aliphatic heterocycles. The summed E-state index contributed by atoms with van der Waals surface area (Å²) in [7, 11) is 0. The van der Waals surface area contributed by atoms with Crippen LogP contribution in [0.5, 0.6) is 0 Å². The lowest BCUT2D eigenvalue weighted by Crippen LogP contribution is -2.24. The molecule has 3 nitrogen and oxygen atoms in total. The summed E-state index contributed by atoms with van der Waals surface area (Å²) in [5, 5.41) is 8.19. The Bertz CT molecular complexity index is 150. The summed E-state index contributed by atoms with van der Waals surface area (Å²) in [4.78, 5) is 14.7. The van der Waals surface area contributed by atoms with Crippen LogP contribution < -0.4 is 0 Å². The summed E-state index contributed by atoms with van der Waals surface area (Å²) in [5.41, 5.74) is 0. The van der Waals surface area contributed by atoms with Crippen LogP contribution in [-0.2, 0) is 9.68 Å². The highest BCUT2D eigenvalue weighted by Gasteiger charge is 2.26. The van der Waals surface area contributed by atoms with E-state index in [-0.39, 0.29) is 5.92 Å². The van der Waals surface area contributed by atoms with Gasteiger partial charge in [-0.3, -0.25) is 0 Å². The lowest BCUT2D eigenvalue weighted by atomic mass is 9.81. The lowest BCUT2D eigenvalue weighted by Gasteiger charge is -2.24. The molecule has 3 heteroatoms. The van der Waals surface area contributed by atoms with Gasteiger partial charge in [0, 0.05) is 0 Å². The van der Waals surface area contributed by atoms with Gasteiger partial charge in [0.15, 0.2) is 0 Å². The van der Waals surface area contributed by atoms with Crippen LogP contribution in [0.15, 0.2) is 0 Å². The first-order chi connectivity index (χ1) is 5.75. The Kier molecular flexibility index (Phi) is 3.53. The van der Waals surface area contributed by atoms with Crippen LogP contribution in [0.4, 0.5) is 0 Å². The highest BCUT2D eigenvalue weighted by molar-refractivity contribution is 5.71. The average molecular weight is 172 g/mol. The van der Waals surface area contributed by atoms with Crippen LogP contribution in [0.3, 0.4) is 0 Å². The zero-order chi connectivity index (χ0) is 8.97. The van der Waals surface area contributed by atoms with Gasteiger partial charge in [0.1, 0.15) is 0 Å². The van der Waals surface area contributed by atoms with Gasteiger partial charge in [-0.15, -0.1) is 0 Å². The normalized spacial score (nSPS) is 21.8. The largest absolute Gasteiger partial charge is 0.345 e. The predicted molar refractivity (Wildman–Crippen MR) is 44.5 cm³/mol. The van der Waals surface area contributed by atoms with E-state index in [1.807, 2.05) is 6.92 Å². The third-order valence-electron chi connectivity index (χ3n) is 2.82. The molecular weight excluding hydrogens is 156 g/mol. The van der Waals surface area contributed by atoms with Gasteiger partial charge in [-0.1, -0.05) is 26.2 Å². The smallest absolute Gasteiger partial charge is 0.301 e. The van der Waals surface area contributed by atoms with Crippen LogP contribution in [0, 0.1) is 11.8 Å². The molecule has 12 heavy (non-hydrogen) atoms. The van der Waals surface area contributed by atoms with Crippen molar-refractivity contribution in [3.63, 3.8) is 0 Å². The van der Waals surface area contributed by atoms with Crippen molar-refractivity contribution in [2.45, 2.75) is 39.0 Å². The van der Waals surface area contributed by atoms with E-state index in [9.17, 15) is 4.79 Å². The first-order valence-electron chi connectivity index (χ1n) is 4.61. The van der Waals surface area contributed by atoms with E-state index in [2.05, 4.69) is 4.89 Å².